The summed E-state index contributed by atoms with van der Waals surface area (Å²) in [7, 11) is -1.97. The Bertz CT molecular complexity index is 1290. The monoisotopic (exact) mass is 478 g/mol. The predicted octanol–water partition coefficient (Wildman–Crippen LogP) is 3.06. The van der Waals surface area contributed by atoms with Gasteiger partial charge in [0.15, 0.2) is 0 Å². The molecule has 0 saturated carbocycles. The third-order valence-corrected chi connectivity index (χ3v) is 7.73. The van der Waals surface area contributed by atoms with Gasteiger partial charge in [-0.25, -0.2) is 8.42 Å². The molecule has 0 unspecified atom stereocenters. The van der Waals surface area contributed by atoms with Gasteiger partial charge in [0, 0.05) is 37.4 Å². The molecule has 0 bridgehead atoms. The van der Waals surface area contributed by atoms with Gasteiger partial charge in [-0.2, -0.15) is 4.72 Å². The molecule has 0 spiro atoms. The molecule has 0 aromatic heterocycles. The van der Waals surface area contributed by atoms with Crippen LogP contribution in [0.25, 0.3) is 0 Å². The number of carbonyl (C=O) groups is 1. The molecule has 1 amide bonds. The third-order valence-electron chi connectivity index (χ3n) is 6.24. The molecular formula is C25H26N4O4S. The number of nitrogens with one attached hydrogen (secondary N) is 2. The van der Waals surface area contributed by atoms with Gasteiger partial charge < -0.3 is 19.9 Å². The van der Waals surface area contributed by atoms with Crippen molar-refractivity contribution in [2.75, 3.05) is 43.5 Å². The maximum absolute atomic E-state index is 13.0. The number of piperazine rings is 1. The molecule has 3 aromatic carbocycles. The zero-order valence-corrected chi connectivity index (χ0v) is 19.6. The minimum Gasteiger partial charge on any atom is -0.497 e. The summed E-state index contributed by atoms with van der Waals surface area (Å²) in [6, 6.07) is 21.8. The number of ether oxygens (including phenoxy) is 1. The number of carbonyl (C=O) groups excluding carboxylic acids is 1. The van der Waals surface area contributed by atoms with Gasteiger partial charge in [0.25, 0.3) is 5.91 Å². The number of nitrogens with zero attached hydrogens (tertiary/aromatic N) is 2. The first kappa shape index (κ1) is 22.2. The lowest BCUT2D eigenvalue weighted by Crippen LogP contribution is -2.48. The number of hydrogen-bond donors (Lipinski definition) is 2. The summed E-state index contributed by atoms with van der Waals surface area (Å²) in [5.41, 5.74) is 2.99. The highest BCUT2D eigenvalue weighted by molar-refractivity contribution is 7.89. The first-order chi connectivity index (χ1) is 16.4. The molecule has 3 aromatic rings. The molecule has 0 aliphatic carbocycles. The van der Waals surface area contributed by atoms with Crippen molar-refractivity contribution in [3.05, 3.63) is 83.9 Å². The summed E-state index contributed by atoms with van der Waals surface area (Å²) in [5, 5.41) is 3.21. The lowest BCUT2D eigenvalue weighted by atomic mass is 10.1. The number of para-hydroxylation sites is 1. The Hall–Kier alpha value is -3.56. The van der Waals surface area contributed by atoms with Crippen molar-refractivity contribution in [1.29, 1.82) is 0 Å². The van der Waals surface area contributed by atoms with E-state index in [4.69, 9.17) is 4.74 Å². The molecule has 5 rings (SSSR count). The van der Waals surface area contributed by atoms with Crippen LogP contribution < -0.4 is 19.7 Å². The molecule has 2 aliphatic heterocycles. The summed E-state index contributed by atoms with van der Waals surface area (Å²) >= 11 is 0. The van der Waals surface area contributed by atoms with Gasteiger partial charge in [0.1, 0.15) is 16.8 Å². The zero-order chi connectivity index (χ0) is 23.7. The van der Waals surface area contributed by atoms with Crippen LogP contribution in [-0.4, -0.2) is 52.5 Å². The van der Waals surface area contributed by atoms with E-state index in [9.17, 15) is 13.2 Å². The first-order valence-electron chi connectivity index (χ1n) is 11.1. The quantitative estimate of drug-likeness (QED) is 0.599. The number of amides is 1. The second-order valence-electron chi connectivity index (χ2n) is 8.29. The topological polar surface area (TPSA) is 91.0 Å². The standard InChI is InChI=1S/C25H26N4O4S/c1-33-21-12-10-20(11-13-21)28-14-16-29(17-15-28)25(30)19-8-6-18(7-9-19)24-26-22-4-2-3-5-23(22)34(31,32)27-24/h2-13,24,26-27H,14-17H2,1H3/t24-/m1/s1. The number of methoxy groups -OCH3 is 1. The molecule has 0 radical (unpaired) electrons. The molecule has 1 fully saturated rings. The van der Waals surface area contributed by atoms with Gasteiger partial charge >= 0.3 is 0 Å². The van der Waals surface area contributed by atoms with Crippen molar-refractivity contribution in [2.24, 2.45) is 0 Å². The maximum Gasteiger partial charge on any atom is 0.253 e. The number of anilines is 2. The first-order valence-corrected chi connectivity index (χ1v) is 12.6. The van der Waals surface area contributed by atoms with Gasteiger partial charge in [0.05, 0.1) is 12.8 Å². The van der Waals surface area contributed by atoms with E-state index in [0.29, 0.717) is 24.3 Å². The lowest BCUT2D eigenvalue weighted by Gasteiger charge is -2.36. The number of sulfonamides is 1. The van der Waals surface area contributed by atoms with Crippen LogP contribution in [0, 0.1) is 0 Å². The van der Waals surface area contributed by atoms with Gasteiger partial charge in [-0.3, -0.25) is 4.79 Å². The van der Waals surface area contributed by atoms with Gasteiger partial charge in [0.2, 0.25) is 10.0 Å². The van der Waals surface area contributed by atoms with E-state index >= 15 is 0 Å². The largest absolute Gasteiger partial charge is 0.497 e. The fourth-order valence-electron chi connectivity index (χ4n) is 4.34. The van der Waals surface area contributed by atoms with Crippen LogP contribution in [0.5, 0.6) is 5.75 Å². The van der Waals surface area contributed by atoms with E-state index in [1.165, 1.54) is 0 Å². The SMILES string of the molecule is COc1ccc(N2CCN(C(=O)c3ccc([C@@H]4Nc5ccccc5S(=O)(=O)N4)cc3)CC2)cc1. The van der Waals surface area contributed by atoms with Gasteiger partial charge in [-0.15, -0.1) is 0 Å². The Morgan fingerprint density at radius 1 is 0.912 bits per heavy atom. The highest BCUT2D eigenvalue weighted by atomic mass is 32.2. The maximum atomic E-state index is 13.0. The van der Waals surface area contributed by atoms with Crippen LogP contribution >= 0.6 is 0 Å². The van der Waals surface area contributed by atoms with Crippen molar-refractivity contribution in [3.8, 4) is 5.75 Å². The summed E-state index contributed by atoms with van der Waals surface area (Å²) in [6.45, 7) is 2.77. The van der Waals surface area contributed by atoms with E-state index in [0.717, 1.165) is 30.1 Å². The van der Waals surface area contributed by atoms with E-state index in [-0.39, 0.29) is 10.8 Å². The van der Waals surface area contributed by atoms with Gasteiger partial charge in [-0.05, 0) is 54.1 Å². The Morgan fingerprint density at radius 3 is 2.26 bits per heavy atom. The summed E-state index contributed by atoms with van der Waals surface area (Å²) in [6.07, 6.45) is -0.600. The Morgan fingerprint density at radius 2 is 1.59 bits per heavy atom. The van der Waals surface area contributed by atoms with Crippen LogP contribution in [0.3, 0.4) is 0 Å². The normalized spacial score (nSPS) is 19.1. The Labute approximate surface area is 199 Å². The van der Waals surface area contributed by atoms with Crippen LogP contribution in [0.15, 0.2) is 77.7 Å². The van der Waals surface area contributed by atoms with E-state index in [1.54, 1.807) is 55.6 Å². The summed E-state index contributed by atoms with van der Waals surface area (Å²) in [4.78, 5) is 17.4. The molecule has 34 heavy (non-hydrogen) atoms. The molecule has 2 heterocycles. The average molecular weight is 479 g/mol. The van der Waals surface area contributed by atoms with E-state index in [2.05, 4.69) is 14.9 Å². The lowest BCUT2D eigenvalue weighted by molar-refractivity contribution is 0.0746. The number of fused-ring (bicyclic) bond motifs is 1. The molecule has 176 valence electrons. The molecule has 1 saturated heterocycles. The van der Waals surface area contributed by atoms with Crippen molar-refractivity contribution < 1.29 is 17.9 Å². The summed E-state index contributed by atoms with van der Waals surface area (Å²) < 4.78 is 33.0. The van der Waals surface area contributed by atoms with Gasteiger partial charge in [-0.1, -0.05) is 24.3 Å². The van der Waals surface area contributed by atoms with Crippen LogP contribution in [0.1, 0.15) is 22.1 Å². The second kappa shape index (κ2) is 9.00. The van der Waals surface area contributed by atoms with E-state index < -0.39 is 16.2 Å². The van der Waals surface area contributed by atoms with Crippen molar-refractivity contribution >= 4 is 27.3 Å². The second-order valence-corrected chi connectivity index (χ2v) is 9.98. The van der Waals surface area contributed by atoms with Crippen molar-refractivity contribution in [2.45, 2.75) is 11.1 Å². The molecule has 2 aliphatic rings. The van der Waals surface area contributed by atoms with Crippen LogP contribution in [-0.2, 0) is 10.0 Å². The van der Waals surface area contributed by atoms with Crippen LogP contribution in [0.2, 0.25) is 0 Å². The predicted molar refractivity (Wildman–Crippen MR) is 131 cm³/mol. The number of benzene rings is 3. The summed E-state index contributed by atoms with van der Waals surface area (Å²) in [5.74, 6) is 0.796. The molecule has 2 N–H and O–H groups in total. The van der Waals surface area contributed by atoms with Crippen LogP contribution in [0.4, 0.5) is 11.4 Å². The van der Waals surface area contributed by atoms with E-state index in [1.807, 2.05) is 29.2 Å². The highest BCUT2D eigenvalue weighted by Gasteiger charge is 2.30. The Kier molecular flexibility index (Phi) is 5.89. The fraction of sp³-hybridized carbons (Fsp3) is 0.240. The number of hydrogen-bond acceptors (Lipinski definition) is 6. The molecular weight excluding hydrogens is 452 g/mol. The highest BCUT2D eigenvalue weighted by Crippen LogP contribution is 2.31. The minimum absolute atomic E-state index is 0.0246. The number of rotatable bonds is 4. The fourth-order valence-corrected chi connectivity index (χ4v) is 5.64. The Balaban J connectivity index is 1.23. The molecule has 8 nitrogen and oxygen atoms in total. The zero-order valence-electron chi connectivity index (χ0n) is 18.8. The minimum atomic E-state index is -3.61. The molecule has 1 atom stereocenters. The third kappa shape index (κ3) is 4.32. The van der Waals surface area contributed by atoms with Crippen molar-refractivity contribution in [1.82, 2.24) is 9.62 Å². The smallest absolute Gasteiger partial charge is 0.253 e. The van der Waals surface area contributed by atoms with Crippen molar-refractivity contribution in [3.63, 3.8) is 0 Å². The molecule has 9 heteroatoms. The average Bonchev–Trinajstić information content (AvgIpc) is 2.88.